The average molecular weight is 343 g/mol. The predicted octanol–water partition coefficient (Wildman–Crippen LogP) is 2.86. The Morgan fingerprint density at radius 3 is 2.76 bits per heavy atom. The molecule has 2 atom stereocenters. The molecule has 134 valence electrons. The molecule has 1 saturated heterocycles. The fourth-order valence-electron chi connectivity index (χ4n) is 3.23. The van der Waals surface area contributed by atoms with E-state index in [1.165, 1.54) is 0 Å². The molecule has 2 N–H and O–H groups in total. The van der Waals surface area contributed by atoms with Gasteiger partial charge in [0, 0.05) is 24.7 Å². The van der Waals surface area contributed by atoms with Crippen molar-refractivity contribution in [2.45, 2.75) is 32.7 Å². The third-order valence-electron chi connectivity index (χ3n) is 4.82. The Hall–Kier alpha value is -2.34. The normalized spacial score (nSPS) is 18.9. The van der Waals surface area contributed by atoms with Crippen molar-refractivity contribution < 1.29 is 13.9 Å². The molecule has 2 heterocycles. The van der Waals surface area contributed by atoms with Crippen molar-refractivity contribution in [3.63, 3.8) is 0 Å². The predicted molar refractivity (Wildman–Crippen MR) is 95.5 cm³/mol. The number of aryl methyl sites for hydroxylation is 1. The highest BCUT2D eigenvalue weighted by atomic mass is 16.5. The Labute approximate surface area is 148 Å². The maximum Gasteiger partial charge on any atom is 0.276 e. The third-order valence-corrected chi connectivity index (χ3v) is 4.82. The summed E-state index contributed by atoms with van der Waals surface area (Å²) >= 11 is 0. The number of oxazole rings is 1. The molecule has 1 aromatic heterocycles. The van der Waals surface area contributed by atoms with Gasteiger partial charge in [0.15, 0.2) is 5.69 Å². The molecule has 1 aliphatic heterocycles. The van der Waals surface area contributed by atoms with Gasteiger partial charge in [-0.05, 0) is 56.9 Å². The van der Waals surface area contributed by atoms with Crippen LogP contribution in [0, 0.1) is 12.8 Å². The number of piperidine rings is 1. The van der Waals surface area contributed by atoms with Crippen LogP contribution < -0.4 is 10.5 Å². The van der Waals surface area contributed by atoms with Gasteiger partial charge in [-0.3, -0.25) is 4.79 Å². The monoisotopic (exact) mass is 343 g/mol. The fraction of sp³-hybridized carbons (Fsp3) is 0.474. The number of amides is 1. The van der Waals surface area contributed by atoms with E-state index in [2.05, 4.69) is 4.98 Å². The van der Waals surface area contributed by atoms with Gasteiger partial charge in [0.2, 0.25) is 5.89 Å². The number of carbonyl (C=O) groups excluding carboxylic acids is 1. The van der Waals surface area contributed by atoms with E-state index in [1.807, 2.05) is 36.1 Å². The molecule has 0 radical (unpaired) electrons. The largest absolute Gasteiger partial charge is 0.497 e. The minimum absolute atomic E-state index is 0.0774. The van der Waals surface area contributed by atoms with Crippen molar-refractivity contribution in [2.75, 3.05) is 20.2 Å². The van der Waals surface area contributed by atoms with Crippen LogP contribution in [0.3, 0.4) is 0 Å². The summed E-state index contributed by atoms with van der Waals surface area (Å²) in [5.41, 5.74) is 7.22. The van der Waals surface area contributed by atoms with Crippen molar-refractivity contribution >= 4 is 5.91 Å². The zero-order chi connectivity index (χ0) is 18.0. The molecule has 1 fully saturated rings. The molecule has 25 heavy (non-hydrogen) atoms. The van der Waals surface area contributed by atoms with Gasteiger partial charge >= 0.3 is 0 Å². The van der Waals surface area contributed by atoms with Gasteiger partial charge in [-0.1, -0.05) is 0 Å². The lowest BCUT2D eigenvalue weighted by molar-refractivity contribution is 0.0654. The topological polar surface area (TPSA) is 81.6 Å². The van der Waals surface area contributed by atoms with Gasteiger partial charge in [-0.15, -0.1) is 0 Å². The van der Waals surface area contributed by atoms with Gasteiger partial charge in [0.1, 0.15) is 11.5 Å². The van der Waals surface area contributed by atoms with Crippen LogP contribution in [0.4, 0.5) is 0 Å². The lowest BCUT2D eigenvalue weighted by Crippen LogP contribution is -2.45. The lowest BCUT2D eigenvalue weighted by Gasteiger charge is -2.34. The van der Waals surface area contributed by atoms with Crippen molar-refractivity contribution in [1.29, 1.82) is 0 Å². The minimum Gasteiger partial charge on any atom is -0.497 e. The van der Waals surface area contributed by atoms with Crippen LogP contribution in [-0.4, -0.2) is 42.0 Å². The summed E-state index contributed by atoms with van der Waals surface area (Å²) in [7, 11) is 1.62. The summed E-state index contributed by atoms with van der Waals surface area (Å²) in [6.45, 7) is 5.20. The number of hydrogen-bond donors (Lipinski definition) is 1. The highest BCUT2D eigenvalue weighted by Gasteiger charge is 2.29. The number of carbonyl (C=O) groups is 1. The summed E-state index contributed by atoms with van der Waals surface area (Å²) in [4.78, 5) is 19.2. The quantitative estimate of drug-likeness (QED) is 0.923. The average Bonchev–Trinajstić information content (AvgIpc) is 3.03. The Morgan fingerprint density at radius 2 is 2.12 bits per heavy atom. The standard InChI is InChI=1S/C19H25N3O3/c1-12(20)15-5-4-10-22(11-15)19(23)17-13(2)25-18(21-17)14-6-8-16(24-3)9-7-14/h6-9,12,15H,4-5,10-11,20H2,1-3H3/t12-,15+/m0/s1. The molecule has 0 saturated carbocycles. The summed E-state index contributed by atoms with van der Waals surface area (Å²) < 4.78 is 10.9. The summed E-state index contributed by atoms with van der Waals surface area (Å²) in [6.07, 6.45) is 2.04. The molecule has 1 amide bonds. The molecule has 6 heteroatoms. The molecule has 3 rings (SSSR count). The highest BCUT2D eigenvalue weighted by Crippen LogP contribution is 2.26. The molecule has 0 unspecified atom stereocenters. The van der Waals surface area contributed by atoms with Crippen molar-refractivity contribution in [1.82, 2.24) is 9.88 Å². The van der Waals surface area contributed by atoms with Crippen LogP contribution in [0.5, 0.6) is 5.75 Å². The maximum absolute atomic E-state index is 12.9. The smallest absolute Gasteiger partial charge is 0.276 e. The van der Waals surface area contributed by atoms with E-state index in [9.17, 15) is 4.79 Å². The van der Waals surface area contributed by atoms with Crippen LogP contribution in [0.2, 0.25) is 0 Å². The van der Waals surface area contributed by atoms with Crippen LogP contribution in [-0.2, 0) is 0 Å². The van der Waals surface area contributed by atoms with Gasteiger partial charge in [0.25, 0.3) is 5.91 Å². The summed E-state index contributed by atoms with van der Waals surface area (Å²) in [5.74, 6) is 2.01. The fourth-order valence-corrected chi connectivity index (χ4v) is 3.23. The number of methoxy groups -OCH3 is 1. The lowest BCUT2D eigenvalue weighted by atomic mass is 9.92. The Balaban J connectivity index is 1.80. The first-order valence-corrected chi connectivity index (χ1v) is 8.66. The Kier molecular flexibility index (Phi) is 5.08. The molecule has 0 spiro atoms. The van der Waals surface area contributed by atoms with Crippen LogP contribution in [0.15, 0.2) is 28.7 Å². The Morgan fingerprint density at radius 1 is 1.40 bits per heavy atom. The number of benzene rings is 1. The first kappa shape index (κ1) is 17.5. The van der Waals surface area contributed by atoms with E-state index in [-0.39, 0.29) is 11.9 Å². The first-order chi connectivity index (χ1) is 12.0. The van der Waals surface area contributed by atoms with Gasteiger partial charge < -0.3 is 19.8 Å². The zero-order valence-electron chi connectivity index (χ0n) is 15.0. The molecular weight excluding hydrogens is 318 g/mol. The SMILES string of the molecule is COc1ccc(-c2nc(C(=O)N3CCC[C@@H]([C@H](C)N)C3)c(C)o2)cc1. The number of nitrogens with zero attached hydrogens (tertiary/aromatic N) is 2. The van der Waals surface area contributed by atoms with Crippen LogP contribution >= 0.6 is 0 Å². The second-order valence-electron chi connectivity index (χ2n) is 6.66. The van der Waals surface area contributed by atoms with Gasteiger partial charge in [-0.2, -0.15) is 0 Å². The highest BCUT2D eigenvalue weighted by molar-refractivity contribution is 5.93. The molecule has 1 aliphatic rings. The first-order valence-electron chi connectivity index (χ1n) is 8.66. The van der Waals surface area contributed by atoms with E-state index in [1.54, 1.807) is 14.0 Å². The summed E-state index contributed by atoms with van der Waals surface area (Å²) in [6, 6.07) is 7.50. The number of aromatic nitrogens is 1. The van der Waals surface area contributed by atoms with Gasteiger partial charge in [0.05, 0.1) is 7.11 Å². The van der Waals surface area contributed by atoms with Gasteiger partial charge in [-0.25, -0.2) is 4.98 Å². The van der Waals surface area contributed by atoms with Crippen LogP contribution in [0.25, 0.3) is 11.5 Å². The van der Waals surface area contributed by atoms with E-state index < -0.39 is 0 Å². The number of likely N-dealkylation sites (tertiary alicyclic amines) is 1. The second kappa shape index (κ2) is 7.27. The van der Waals surface area contributed by atoms with E-state index in [4.69, 9.17) is 14.9 Å². The molecule has 0 aliphatic carbocycles. The molecule has 6 nitrogen and oxygen atoms in total. The second-order valence-corrected chi connectivity index (χ2v) is 6.66. The third kappa shape index (κ3) is 3.69. The van der Waals surface area contributed by atoms with E-state index in [0.717, 1.165) is 30.7 Å². The number of rotatable bonds is 4. The van der Waals surface area contributed by atoms with E-state index >= 15 is 0 Å². The maximum atomic E-state index is 12.9. The van der Waals surface area contributed by atoms with E-state index in [0.29, 0.717) is 29.8 Å². The molecule has 0 bridgehead atoms. The molecular formula is C19H25N3O3. The summed E-state index contributed by atoms with van der Waals surface area (Å²) in [5, 5.41) is 0. The number of hydrogen-bond acceptors (Lipinski definition) is 5. The number of ether oxygens (including phenoxy) is 1. The van der Waals surface area contributed by atoms with Crippen molar-refractivity contribution in [2.24, 2.45) is 11.7 Å². The minimum atomic E-state index is -0.0774. The Bertz CT molecular complexity index is 737. The van der Waals surface area contributed by atoms with Crippen LogP contribution in [0.1, 0.15) is 36.0 Å². The zero-order valence-corrected chi connectivity index (χ0v) is 15.0. The molecule has 2 aromatic rings. The number of nitrogens with two attached hydrogens (primary N) is 1. The van der Waals surface area contributed by atoms with Crippen molar-refractivity contribution in [3.8, 4) is 17.2 Å². The molecule has 1 aromatic carbocycles. The van der Waals surface area contributed by atoms with Crippen molar-refractivity contribution in [3.05, 3.63) is 35.7 Å².